The van der Waals surface area contributed by atoms with Gasteiger partial charge in [0.15, 0.2) is 11.4 Å². The van der Waals surface area contributed by atoms with E-state index in [1.165, 1.54) is 0 Å². The molecule has 27 heavy (non-hydrogen) atoms. The molecule has 0 atom stereocenters. The van der Waals surface area contributed by atoms with Crippen LogP contribution in [-0.2, 0) is 9.53 Å². The molecule has 0 amide bonds. The summed E-state index contributed by atoms with van der Waals surface area (Å²) in [5, 5.41) is 12.0. The van der Waals surface area contributed by atoms with Crippen LogP contribution in [-0.4, -0.2) is 16.7 Å². The molecule has 1 spiro atoms. The van der Waals surface area contributed by atoms with Crippen LogP contribution in [0.15, 0.2) is 42.2 Å². The van der Waals surface area contributed by atoms with Crippen LogP contribution >= 0.6 is 23.2 Å². The Bertz CT molecular complexity index is 956. The zero-order chi connectivity index (χ0) is 19.2. The summed E-state index contributed by atoms with van der Waals surface area (Å²) < 4.78 is 5.67. The highest BCUT2D eigenvalue weighted by molar-refractivity contribution is 6.34. The van der Waals surface area contributed by atoms with Gasteiger partial charge in [-0.05, 0) is 73.6 Å². The number of esters is 1. The van der Waals surface area contributed by atoms with Crippen molar-refractivity contribution in [1.82, 2.24) is 0 Å². The second kappa shape index (κ2) is 6.88. The second-order valence-corrected chi connectivity index (χ2v) is 8.17. The Morgan fingerprint density at radius 3 is 2.48 bits per heavy atom. The molecule has 1 saturated carbocycles. The quantitative estimate of drug-likeness (QED) is 0.583. The molecule has 0 radical (unpaired) electrons. The largest absolute Gasteiger partial charge is 0.507 e. The minimum atomic E-state index is -0.852. The predicted octanol–water partition coefficient (Wildman–Crippen LogP) is 6.50. The lowest BCUT2D eigenvalue weighted by Crippen LogP contribution is -2.34. The number of carbonyl (C=O) groups is 1. The smallest absolute Gasteiger partial charge is 0.343 e. The molecule has 1 heterocycles. The zero-order valence-electron chi connectivity index (χ0n) is 15.0. The van der Waals surface area contributed by atoms with Gasteiger partial charge in [0.1, 0.15) is 5.57 Å². The van der Waals surface area contributed by atoms with Crippen LogP contribution in [0.5, 0.6) is 0 Å². The molecule has 0 saturated heterocycles. The van der Waals surface area contributed by atoms with Gasteiger partial charge < -0.3 is 9.84 Å². The Labute approximate surface area is 168 Å². The van der Waals surface area contributed by atoms with E-state index in [2.05, 4.69) is 0 Å². The van der Waals surface area contributed by atoms with Gasteiger partial charge in [0.25, 0.3) is 0 Å². The van der Waals surface area contributed by atoms with E-state index in [1.54, 1.807) is 12.1 Å². The number of rotatable bonds is 2. The van der Waals surface area contributed by atoms with Gasteiger partial charge in [0.2, 0.25) is 0 Å². The summed E-state index contributed by atoms with van der Waals surface area (Å²) in [6.45, 7) is 1.90. The molecule has 3 nitrogen and oxygen atoms in total. The number of aryl methyl sites for hydroxylation is 1. The van der Waals surface area contributed by atoms with E-state index >= 15 is 0 Å². The minimum absolute atomic E-state index is 0.0573. The number of carbonyl (C=O) groups excluding carboxylic acids is 1. The molecule has 140 valence electrons. The average Bonchev–Trinajstić information content (AvgIpc) is 2.87. The first-order chi connectivity index (χ1) is 12.9. The van der Waals surface area contributed by atoms with Crippen molar-refractivity contribution < 1.29 is 14.6 Å². The Morgan fingerprint density at radius 1 is 1.04 bits per heavy atom. The zero-order valence-corrected chi connectivity index (χ0v) is 16.5. The minimum Gasteiger partial charge on any atom is -0.507 e. The van der Waals surface area contributed by atoms with E-state index in [0.717, 1.165) is 36.0 Å². The lowest BCUT2D eigenvalue weighted by Gasteiger charge is -2.31. The Morgan fingerprint density at radius 2 is 1.78 bits per heavy atom. The van der Waals surface area contributed by atoms with Crippen LogP contribution in [0.2, 0.25) is 10.0 Å². The topological polar surface area (TPSA) is 46.5 Å². The van der Waals surface area contributed by atoms with Crippen LogP contribution in [0.25, 0.3) is 16.7 Å². The van der Waals surface area contributed by atoms with Gasteiger partial charge in [-0.3, -0.25) is 0 Å². The maximum Gasteiger partial charge on any atom is 0.343 e. The average molecular weight is 403 g/mol. The van der Waals surface area contributed by atoms with Gasteiger partial charge in [-0.15, -0.1) is 0 Å². The molecule has 2 aromatic carbocycles. The second-order valence-electron chi connectivity index (χ2n) is 7.33. The van der Waals surface area contributed by atoms with Crippen LogP contribution in [0.3, 0.4) is 0 Å². The number of benzene rings is 2. The van der Waals surface area contributed by atoms with E-state index in [9.17, 15) is 9.90 Å². The van der Waals surface area contributed by atoms with Crippen LogP contribution in [0, 0.1) is 6.92 Å². The maximum atomic E-state index is 12.6. The Kier molecular flexibility index (Phi) is 4.69. The molecule has 1 aliphatic heterocycles. The highest BCUT2D eigenvalue weighted by Gasteiger charge is 2.49. The van der Waals surface area contributed by atoms with E-state index in [1.807, 2.05) is 31.2 Å². The Balaban J connectivity index is 1.81. The number of aliphatic hydroxyl groups is 1. The third-order valence-corrected chi connectivity index (χ3v) is 6.09. The molecule has 4 rings (SSSR count). The third kappa shape index (κ3) is 3.13. The fourth-order valence-electron chi connectivity index (χ4n) is 4.13. The molecular formula is C22H20Cl2O3. The monoisotopic (exact) mass is 402 g/mol. The molecule has 0 unspecified atom stereocenters. The summed E-state index contributed by atoms with van der Waals surface area (Å²) in [4.78, 5) is 12.6. The summed E-state index contributed by atoms with van der Waals surface area (Å²) in [7, 11) is 0. The molecule has 5 heteroatoms. The van der Waals surface area contributed by atoms with Gasteiger partial charge in [0, 0.05) is 15.6 Å². The van der Waals surface area contributed by atoms with E-state index in [-0.39, 0.29) is 11.3 Å². The van der Waals surface area contributed by atoms with Crippen molar-refractivity contribution in [1.29, 1.82) is 0 Å². The summed E-state index contributed by atoms with van der Waals surface area (Å²) in [5.74, 6) is -0.411. The summed E-state index contributed by atoms with van der Waals surface area (Å²) in [6.07, 6.45) is 4.32. The van der Waals surface area contributed by atoms with Crippen molar-refractivity contribution in [2.75, 3.05) is 0 Å². The molecule has 2 aliphatic rings. The first kappa shape index (κ1) is 18.4. The first-order valence-corrected chi connectivity index (χ1v) is 9.90. The van der Waals surface area contributed by atoms with Crippen LogP contribution in [0.1, 0.15) is 43.2 Å². The summed E-state index contributed by atoms with van der Waals surface area (Å²) in [6, 6.07) is 11.1. The molecule has 1 aliphatic carbocycles. The number of aliphatic hydroxyl groups excluding tert-OH is 1. The fraction of sp³-hybridized carbons (Fsp3) is 0.318. The first-order valence-electron chi connectivity index (χ1n) is 9.15. The summed E-state index contributed by atoms with van der Waals surface area (Å²) in [5.41, 5.74) is 2.60. The lowest BCUT2D eigenvalue weighted by molar-refractivity contribution is -0.149. The Hall–Kier alpha value is -1.97. The highest BCUT2D eigenvalue weighted by atomic mass is 35.5. The molecule has 1 N–H and O–H groups in total. The van der Waals surface area contributed by atoms with Crippen LogP contribution < -0.4 is 0 Å². The SMILES string of the molecule is Cc1cc(-c2cccc(Cl)c2)c(Cl)cc1C1=C(O)C2(CCCCC2)OC1=O. The third-order valence-electron chi connectivity index (χ3n) is 5.54. The number of halogens is 2. The molecule has 0 aromatic heterocycles. The number of hydrogen-bond acceptors (Lipinski definition) is 3. The van der Waals surface area contributed by atoms with Crippen molar-refractivity contribution in [2.45, 2.75) is 44.6 Å². The number of hydrogen-bond donors (Lipinski definition) is 1. The van der Waals surface area contributed by atoms with E-state index < -0.39 is 11.6 Å². The van der Waals surface area contributed by atoms with Crippen molar-refractivity contribution in [3.05, 3.63) is 63.3 Å². The molecule has 0 bridgehead atoms. The fourth-order valence-corrected chi connectivity index (χ4v) is 4.59. The highest BCUT2D eigenvalue weighted by Crippen LogP contribution is 2.46. The molecule has 1 fully saturated rings. The van der Waals surface area contributed by atoms with Crippen molar-refractivity contribution >= 4 is 34.7 Å². The predicted molar refractivity (Wildman–Crippen MR) is 108 cm³/mol. The molecular weight excluding hydrogens is 383 g/mol. The van der Waals surface area contributed by atoms with Crippen molar-refractivity contribution in [2.24, 2.45) is 0 Å². The van der Waals surface area contributed by atoms with Gasteiger partial charge in [-0.2, -0.15) is 0 Å². The number of ether oxygens (including phenoxy) is 1. The normalized spacial score (nSPS) is 18.9. The van der Waals surface area contributed by atoms with Crippen LogP contribution in [0.4, 0.5) is 0 Å². The van der Waals surface area contributed by atoms with Gasteiger partial charge >= 0.3 is 5.97 Å². The lowest BCUT2D eigenvalue weighted by atomic mass is 9.82. The maximum absolute atomic E-state index is 12.6. The molecule has 2 aromatic rings. The van der Waals surface area contributed by atoms with E-state index in [4.69, 9.17) is 27.9 Å². The standard InChI is InChI=1S/C22H20Cl2O3/c1-13-10-17(14-6-5-7-15(23)11-14)18(24)12-16(13)19-20(25)22(27-21(19)26)8-3-2-4-9-22/h5-7,10-12,25H,2-4,8-9H2,1H3. The van der Waals surface area contributed by atoms with E-state index in [0.29, 0.717) is 28.5 Å². The van der Waals surface area contributed by atoms with Gasteiger partial charge in [-0.1, -0.05) is 41.8 Å². The van der Waals surface area contributed by atoms with Gasteiger partial charge in [0.05, 0.1) is 0 Å². The van der Waals surface area contributed by atoms with Gasteiger partial charge in [-0.25, -0.2) is 4.79 Å². The van der Waals surface area contributed by atoms with Crippen molar-refractivity contribution in [3.8, 4) is 11.1 Å². The van der Waals surface area contributed by atoms with Crippen molar-refractivity contribution in [3.63, 3.8) is 0 Å². The summed E-state index contributed by atoms with van der Waals surface area (Å²) >= 11 is 12.6.